The maximum absolute atomic E-state index is 5.33. The summed E-state index contributed by atoms with van der Waals surface area (Å²) in [6.07, 6.45) is 5.62. The minimum absolute atomic E-state index is 0.540. The van der Waals surface area contributed by atoms with Crippen molar-refractivity contribution in [1.29, 1.82) is 0 Å². The Kier molecular flexibility index (Phi) is 5.24. The quantitative estimate of drug-likeness (QED) is 0.183. The molecule has 0 aromatic carbocycles. The van der Waals surface area contributed by atoms with Crippen LogP contribution < -0.4 is 16.6 Å². The highest BCUT2D eigenvalue weighted by Gasteiger charge is 1.95. The van der Waals surface area contributed by atoms with Crippen LogP contribution in [0.15, 0.2) is 17.5 Å². The third-order valence-electron chi connectivity index (χ3n) is 1.92. The van der Waals surface area contributed by atoms with Crippen LogP contribution in [0.4, 0.5) is 0 Å². The van der Waals surface area contributed by atoms with Crippen molar-refractivity contribution < 1.29 is 0 Å². The summed E-state index contributed by atoms with van der Waals surface area (Å²) >= 11 is 0. The van der Waals surface area contributed by atoms with Crippen molar-refractivity contribution in [1.82, 2.24) is 20.7 Å². The van der Waals surface area contributed by atoms with Crippen molar-refractivity contribution in [2.75, 3.05) is 6.54 Å². The van der Waals surface area contributed by atoms with Crippen molar-refractivity contribution >= 4 is 5.96 Å². The van der Waals surface area contributed by atoms with E-state index in [1.807, 2.05) is 0 Å². The maximum atomic E-state index is 5.33. The number of nitrogens with one attached hydrogen (secondary N) is 3. The average Bonchev–Trinajstić information content (AvgIpc) is 2.76. The van der Waals surface area contributed by atoms with E-state index in [2.05, 4.69) is 32.6 Å². The molecule has 84 valence electrons. The fourth-order valence-corrected chi connectivity index (χ4v) is 1.07. The predicted molar refractivity (Wildman–Crippen MR) is 60.0 cm³/mol. The number of hydrazine groups is 1. The van der Waals surface area contributed by atoms with Crippen LogP contribution in [0.2, 0.25) is 0 Å². The standard InChI is InChI=1S/C9H18N6/c1-2-3-4-12-9(15-10)13-6-8-5-11-7-14-8/h5,7H,2-4,6,10H2,1H3,(H,11,14)(H2,12,13,15). The van der Waals surface area contributed by atoms with Crippen molar-refractivity contribution in [3.05, 3.63) is 18.2 Å². The van der Waals surface area contributed by atoms with Gasteiger partial charge in [-0.1, -0.05) is 13.3 Å². The molecule has 0 saturated carbocycles. The van der Waals surface area contributed by atoms with E-state index in [9.17, 15) is 0 Å². The van der Waals surface area contributed by atoms with Gasteiger partial charge in [-0.25, -0.2) is 15.8 Å². The fourth-order valence-electron chi connectivity index (χ4n) is 1.07. The first-order chi connectivity index (χ1) is 7.36. The minimum atomic E-state index is 0.540. The number of guanidine groups is 1. The monoisotopic (exact) mass is 210 g/mol. The molecule has 0 atom stereocenters. The summed E-state index contributed by atoms with van der Waals surface area (Å²) in [5, 5.41) is 3.11. The van der Waals surface area contributed by atoms with Gasteiger partial charge in [-0.05, 0) is 6.42 Å². The Morgan fingerprint density at radius 1 is 1.67 bits per heavy atom. The third-order valence-corrected chi connectivity index (χ3v) is 1.92. The first-order valence-electron chi connectivity index (χ1n) is 5.09. The van der Waals surface area contributed by atoms with Gasteiger partial charge in [-0.15, -0.1) is 0 Å². The fraction of sp³-hybridized carbons (Fsp3) is 0.556. The molecule has 1 rings (SSSR count). The lowest BCUT2D eigenvalue weighted by Crippen LogP contribution is -2.41. The predicted octanol–water partition coefficient (Wildman–Crippen LogP) is 0.119. The molecular weight excluding hydrogens is 192 g/mol. The van der Waals surface area contributed by atoms with Crippen LogP contribution in [0, 0.1) is 0 Å². The Morgan fingerprint density at radius 2 is 2.53 bits per heavy atom. The maximum Gasteiger partial charge on any atom is 0.206 e. The van der Waals surface area contributed by atoms with Gasteiger partial charge in [0.2, 0.25) is 5.96 Å². The van der Waals surface area contributed by atoms with E-state index in [1.54, 1.807) is 12.5 Å². The molecule has 0 saturated heterocycles. The van der Waals surface area contributed by atoms with E-state index in [1.165, 1.54) is 0 Å². The average molecular weight is 210 g/mol. The third kappa shape index (κ3) is 4.46. The van der Waals surface area contributed by atoms with Crippen molar-refractivity contribution in [2.24, 2.45) is 10.8 Å². The number of aromatic nitrogens is 2. The second kappa shape index (κ2) is 6.83. The largest absolute Gasteiger partial charge is 0.355 e. The SMILES string of the molecule is CCCCNC(=NCc1cnc[nH]1)NN. The van der Waals surface area contributed by atoms with E-state index >= 15 is 0 Å². The minimum Gasteiger partial charge on any atom is -0.355 e. The molecule has 5 N–H and O–H groups in total. The zero-order valence-corrected chi connectivity index (χ0v) is 8.95. The van der Waals surface area contributed by atoms with Crippen LogP contribution in [-0.2, 0) is 6.54 Å². The van der Waals surface area contributed by atoms with Crippen LogP contribution in [0.25, 0.3) is 0 Å². The normalized spacial score (nSPS) is 11.5. The summed E-state index contributed by atoms with van der Waals surface area (Å²) in [7, 11) is 0. The Hall–Kier alpha value is -1.56. The van der Waals surface area contributed by atoms with Gasteiger partial charge < -0.3 is 10.3 Å². The van der Waals surface area contributed by atoms with Crippen molar-refractivity contribution in [2.45, 2.75) is 26.3 Å². The van der Waals surface area contributed by atoms with E-state index in [4.69, 9.17) is 5.84 Å². The van der Waals surface area contributed by atoms with Crippen molar-refractivity contribution in [3.63, 3.8) is 0 Å². The second-order valence-electron chi connectivity index (χ2n) is 3.17. The van der Waals surface area contributed by atoms with E-state index in [0.717, 1.165) is 25.1 Å². The van der Waals surface area contributed by atoms with E-state index in [0.29, 0.717) is 12.5 Å². The van der Waals surface area contributed by atoms with E-state index < -0.39 is 0 Å². The highest BCUT2D eigenvalue weighted by atomic mass is 15.3. The number of rotatable bonds is 5. The molecule has 0 aliphatic heterocycles. The van der Waals surface area contributed by atoms with E-state index in [-0.39, 0.29) is 0 Å². The van der Waals surface area contributed by atoms with Crippen LogP contribution >= 0.6 is 0 Å². The number of hydrogen-bond donors (Lipinski definition) is 4. The van der Waals surface area contributed by atoms with Crippen LogP contribution in [0.1, 0.15) is 25.5 Å². The van der Waals surface area contributed by atoms with Gasteiger partial charge in [-0.2, -0.15) is 0 Å². The molecule has 0 bridgehead atoms. The van der Waals surface area contributed by atoms with Gasteiger partial charge in [-0.3, -0.25) is 5.43 Å². The summed E-state index contributed by atoms with van der Waals surface area (Å²) in [6, 6.07) is 0. The molecule has 0 fully saturated rings. The highest BCUT2D eigenvalue weighted by molar-refractivity contribution is 5.79. The molecule has 1 heterocycles. The lowest BCUT2D eigenvalue weighted by atomic mass is 10.3. The molecule has 0 amide bonds. The second-order valence-corrected chi connectivity index (χ2v) is 3.17. The Morgan fingerprint density at radius 3 is 3.13 bits per heavy atom. The lowest BCUT2D eigenvalue weighted by molar-refractivity contribution is 0.731. The summed E-state index contributed by atoms with van der Waals surface area (Å²) in [4.78, 5) is 11.1. The topological polar surface area (TPSA) is 91.1 Å². The number of H-pyrrole nitrogens is 1. The molecule has 6 nitrogen and oxygen atoms in total. The van der Waals surface area contributed by atoms with Gasteiger partial charge in [0, 0.05) is 12.7 Å². The number of nitrogens with zero attached hydrogens (tertiary/aromatic N) is 2. The summed E-state index contributed by atoms with van der Waals surface area (Å²) in [5.41, 5.74) is 3.49. The number of aromatic amines is 1. The molecule has 0 aliphatic rings. The number of imidazole rings is 1. The molecule has 1 aromatic rings. The van der Waals surface area contributed by atoms with Gasteiger partial charge >= 0.3 is 0 Å². The number of aliphatic imine (C=N–C) groups is 1. The Balaban J connectivity index is 2.33. The Bertz CT molecular complexity index is 279. The molecule has 0 spiro atoms. The summed E-state index contributed by atoms with van der Waals surface area (Å²) in [6.45, 7) is 3.56. The number of unbranched alkanes of at least 4 members (excludes halogenated alkanes) is 1. The van der Waals surface area contributed by atoms with Gasteiger partial charge in [0.15, 0.2) is 0 Å². The molecule has 6 heteroatoms. The van der Waals surface area contributed by atoms with Crippen LogP contribution in [0.3, 0.4) is 0 Å². The summed E-state index contributed by atoms with van der Waals surface area (Å²) in [5.74, 6) is 5.93. The molecule has 0 radical (unpaired) electrons. The first-order valence-corrected chi connectivity index (χ1v) is 5.09. The van der Waals surface area contributed by atoms with Crippen LogP contribution in [0.5, 0.6) is 0 Å². The van der Waals surface area contributed by atoms with Crippen molar-refractivity contribution in [3.8, 4) is 0 Å². The zero-order valence-electron chi connectivity index (χ0n) is 8.95. The number of nitrogens with two attached hydrogens (primary N) is 1. The van der Waals surface area contributed by atoms with Crippen LogP contribution in [-0.4, -0.2) is 22.5 Å². The van der Waals surface area contributed by atoms with Gasteiger partial charge in [0.05, 0.1) is 18.6 Å². The first kappa shape index (κ1) is 11.5. The lowest BCUT2D eigenvalue weighted by Gasteiger charge is -2.07. The zero-order chi connectivity index (χ0) is 10.9. The molecule has 15 heavy (non-hydrogen) atoms. The summed E-state index contributed by atoms with van der Waals surface area (Å²) < 4.78 is 0. The van der Waals surface area contributed by atoms with Gasteiger partial charge in [0.1, 0.15) is 0 Å². The van der Waals surface area contributed by atoms with Gasteiger partial charge in [0.25, 0.3) is 0 Å². The Labute approximate surface area is 89.4 Å². The number of hydrogen-bond acceptors (Lipinski definition) is 3. The molecule has 0 unspecified atom stereocenters. The highest BCUT2D eigenvalue weighted by Crippen LogP contribution is 1.92. The molecule has 0 aliphatic carbocycles. The smallest absolute Gasteiger partial charge is 0.206 e. The molecular formula is C9H18N6. The molecule has 1 aromatic heterocycles.